The fourth-order valence-corrected chi connectivity index (χ4v) is 3.75. The van der Waals surface area contributed by atoms with Crippen molar-refractivity contribution >= 4 is 22.6 Å². The number of halogens is 3. The third kappa shape index (κ3) is 3.31. The van der Waals surface area contributed by atoms with Crippen molar-refractivity contribution in [3.8, 4) is 17.0 Å². The van der Waals surface area contributed by atoms with E-state index in [9.17, 15) is 18.0 Å². The highest BCUT2D eigenvalue weighted by Crippen LogP contribution is 2.45. The first-order chi connectivity index (χ1) is 15.3. The summed E-state index contributed by atoms with van der Waals surface area (Å²) >= 11 is 0. The van der Waals surface area contributed by atoms with E-state index in [1.165, 1.54) is 24.8 Å². The van der Waals surface area contributed by atoms with Crippen molar-refractivity contribution in [1.82, 2.24) is 19.6 Å². The number of methoxy groups -OCH3 is 2. The molecule has 5 rings (SSSR count). The first-order valence-corrected chi connectivity index (χ1v) is 9.84. The van der Waals surface area contributed by atoms with E-state index >= 15 is 0 Å². The average molecular weight is 442 g/mol. The number of hydrogen-bond donors (Lipinski definition) is 0. The lowest BCUT2D eigenvalue weighted by Gasteiger charge is -2.09. The van der Waals surface area contributed by atoms with Crippen molar-refractivity contribution in [1.29, 1.82) is 0 Å². The predicted octanol–water partition coefficient (Wildman–Crippen LogP) is 4.64. The van der Waals surface area contributed by atoms with Gasteiger partial charge in [-0.2, -0.15) is 13.2 Å². The molecule has 164 valence electrons. The first kappa shape index (κ1) is 20.2. The summed E-state index contributed by atoms with van der Waals surface area (Å²) < 4.78 is 51.7. The van der Waals surface area contributed by atoms with Crippen LogP contribution in [0.25, 0.3) is 27.9 Å². The molecule has 0 atom stereocenters. The molecule has 4 aromatic rings. The number of carbonyl (C=O) groups is 1. The molecule has 1 aromatic carbocycles. The van der Waals surface area contributed by atoms with Crippen LogP contribution in [0.15, 0.2) is 36.4 Å². The minimum absolute atomic E-state index is 0.0292. The van der Waals surface area contributed by atoms with Gasteiger partial charge in [-0.3, -0.25) is 0 Å². The molecule has 0 saturated heterocycles. The first-order valence-electron chi connectivity index (χ1n) is 9.84. The number of pyridine rings is 1. The van der Waals surface area contributed by atoms with Crippen molar-refractivity contribution in [3.63, 3.8) is 0 Å². The molecule has 0 aliphatic heterocycles. The summed E-state index contributed by atoms with van der Waals surface area (Å²) in [5.74, 6) is -0.130. The molecule has 3 heterocycles. The standard InChI is InChI=1S/C22H17F3N4O3/c1-31-13-5-3-4-12(8-13)15-10-16(21(30)32-2)29-20(26-15)18-14(11-6-7-11)9-17(22(23,24)25)27-19(18)28-29/h3-5,8-11H,6-7H2,1-2H3. The Morgan fingerprint density at radius 3 is 2.56 bits per heavy atom. The van der Waals surface area contributed by atoms with Gasteiger partial charge in [0.1, 0.15) is 11.4 Å². The molecule has 10 heteroatoms. The fourth-order valence-electron chi connectivity index (χ4n) is 3.75. The molecule has 0 unspecified atom stereocenters. The topological polar surface area (TPSA) is 78.6 Å². The highest BCUT2D eigenvalue weighted by Gasteiger charge is 2.37. The molecule has 1 saturated carbocycles. The molecule has 0 bridgehead atoms. The summed E-state index contributed by atoms with van der Waals surface area (Å²) in [6.45, 7) is 0. The molecule has 0 N–H and O–H groups in total. The van der Waals surface area contributed by atoms with Gasteiger partial charge in [0.25, 0.3) is 0 Å². The SMILES string of the molecule is COC(=O)c1cc(-c2cccc(OC)c2)nc2c3c(C4CC4)cc(C(F)(F)F)nc3nn12. The molecule has 0 amide bonds. The maximum Gasteiger partial charge on any atom is 0.433 e. The van der Waals surface area contributed by atoms with Crippen molar-refractivity contribution in [3.05, 3.63) is 53.3 Å². The van der Waals surface area contributed by atoms with Crippen LogP contribution in [0.3, 0.4) is 0 Å². The van der Waals surface area contributed by atoms with Crippen molar-refractivity contribution < 1.29 is 27.4 Å². The van der Waals surface area contributed by atoms with Crippen LogP contribution < -0.4 is 4.74 Å². The van der Waals surface area contributed by atoms with E-state index in [2.05, 4.69) is 15.1 Å². The van der Waals surface area contributed by atoms with E-state index in [-0.39, 0.29) is 22.9 Å². The second kappa shape index (κ2) is 7.18. The summed E-state index contributed by atoms with van der Waals surface area (Å²) in [5.41, 5.74) is 0.750. The van der Waals surface area contributed by atoms with E-state index < -0.39 is 17.8 Å². The number of aromatic nitrogens is 4. The lowest BCUT2D eigenvalue weighted by Crippen LogP contribution is -2.10. The molecule has 0 radical (unpaired) electrons. The van der Waals surface area contributed by atoms with E-state index in [4.69, 9.17) is 9.47 Å². The van der Waals surface area contributed by atoms with Gasteiger partial charge in [-0.15, -0.1) is 5.10 Å². The minimum atomic E-state index is -4.61. The number of rotatable bonds is 4. The van der Waals surface area contributed by atoms with Crippen LogP contribution in [0.1, 0.15) is 40.5 Å². The van der Waals surface area contributed by atoms with Crippen molar-refractivity contribution in [2.24, 2.45) is 0 Å². The van der Waals surface area contributed by atoms with Crippen molar-refractivity contribution in [2.75, 3.05) is 14.2 Å². The van der Waals surface area contributed by atoms with E-state index in [1.807, 2.05) is 0 Å². The summed E-state index contributed by atoms with van der Waals surface area (Å²) in [4.78, 5) is 20.9. The zero-order valence-electron chi connectivity index (χ0n) is 17.1. The molecule has 1 aliphatic carbocycles. The Balaban J connectivity index is 1.86. The normalized spacial score (nSPS) is 14.2. The number of alkyl halides is 3. The number of benzene rings is 1. The zero-order chi connectivity index (χ0) is 22.6. The third-order valence-electron chi connectivity index (χ3n) is 5.45. The molecular weight excluding hydrogens is 425 g/mol. The third-order valence-corrected chi connectivity index (χ3v) is 5.45. The van der Waals surface area contributed by atoms with Crippen molar-refractivity contribution in [2.45, 2.75) is 24.9 Å². The number of carbonyl (C=O) groups excluding carboxylic acids is 1. The summed E-state index contributed by atoms with van der Waals surface area (Å²) in [5, 5.41) is 4.63. The molecule has 3 aromatic heterocycles. The van der Waals surface area contributed by atoms with Crippen LogP contribution in [-0.4, -0.2) is 39.8 Å². The van der Waals surface area contributed by atoms with Crippen LogP contribution in [0, 0.1) is 0 Å². The highest BCUT2D eigenvalue weighted by molar-refractivity contribution is 5.97. The minimum Gasteiger partial charge on any atom is -0.497 e. The van der Waals surface area contributed by atoms with Gasteiger partial charge in [0.2, 0.25) is 0 Å². The molecule has 0 spiro atoms. The van der Waals surface area contributed by atoms with Gasteiger partial charge < -0.3 is 9.47 Å². The summed E-state index contributed by atoms with van der Waals surface area (Å²) in [7, 11) is 2.75. The number of hydrogen-bond acceptors (Lipinski definition) is 6. The molecule has 7 nitrogen and oxygen atoms in total. The molecule has 32 heavy (non-hydrogen) atoms. The zero-order valence-corrected chi connectivity index (χ0v) is 17.1. The van der Waals surface area contributed by atoms with Gasteiger partial charge in [0.05, 0.1) is 25.3 Å². The van der Waals surface area contributed by atoms with Gasteiger partial charge in [-0.05, 0) is 48.6 Å². The summed E-state index contributed by atoms with van der Waals surface area (Å²) in [6, 6.07) is 9.65. The van der Waals surface area contributed by atoms with Gasteiger partial charge in [0.15, 0.2) is 17.0 Å². The Bertz CT molecular complexity index is 1380. The molecule has 1 aliphatic rings. The van der Waals surface area contributed by atoms with Crippen LogP contribution in [0.4, 0.5) is 13.2 Å². The average Bonchev–Trinajstić information content (AvgIpc) is 3.56. The number of nitrogens with zero attached hydrogens (tertiary/aromatic N) is 4. The fraction of sp³-hybridized carbons (Fsp3) is 0.273. The monoisotopic (exact) mass is 442 g/mol. The predicted molar refractivity (Wildman–Crippen MR) is 109 cm³/mol. The van der Waals surface area contributed by atoms with E-state index in [0.29, 0.717) is 28.0 Å². The smallest absolute Gasteiger partial charge is 0.433 e. The Hall–Kier alpha value is -3.69. The number of fused-ring (bicyclic) bond motifs is 3. The largest absolute Gasteiger partial charge is 0.497 e. The maximum atomic E-state index is 13.5. The lowest BCUT2D eigenvalue weighted by atomic mass is 10.1. The van der Waals surface area contributed by atoms with Gasteiger partial charge in [-0.1, -0.05) is 12.1 Å². The Kier molecular flexibility index (Phi) is 4.54. The highest BCUT2D eigenvalue weighted by atomic mass is 19.4. The quantitative estimate of drug-likeness (QED) is 0.429. The van der Waals surface area contributed by atoms with E-state index in [0.717, 1.165) is 18.9 Å². The van der Waals surface area contributed by atoms with Gasteiger partial charge in [-0.25, -0.2) is 19.3 Å². The number of esters is 1. The second-order valence-electron chi connectivity index (χ2n) is 7.55. The van der Waals surface area contributed by atoms with Gasteiger partial charge >= 0.3 is 12.1 Å². The van der Waals surface area contributed by atoms with Gasteiger partial charge in [0, 0.05) is 5.56 Å². The maximum absolute atomic E-state index is 13.5. The number of ether oxygens (including phenoxy) is 2. The van der Waals surface area contributed by atoms with Crippen LogP contribution in [0.2, 0.25) is 0 Å². The molecule has 1 fully saturated rings. The van der Waals surface area contributed by atoms with Crippen LogP contribution >= 0.6 is 0 Å². The van der Waals surface area contributed by atoms with Crippen LogP contribution in [0.5, 0.6) is 5.75 Å². The van der Waals surface area contributed by atoms with E-state index in [1.54, 1.807) is 24.3 Å². The lowest BCUT2D eigenvalue weighted by molar-refractivity contribution is -0.141. The second-order valence-corrected chi connectivity index (χ2v) is 7.55. The van der Waals surface area contributed by atoms with Crippen LogP contribution in [-0.2, 0) is 10.9 Å². The summed E-state index contributed by atoms with van der Waals surface area (Å²) in [6.07, 6.45) is -3.07. The molecular formula is C22H17F3N4O3. The Morgan fingerprint density at radius 2 is 1.91 bits per heavy atom. The Labute approximate surface area is 179 Å². The Morgan fingerprint density at radius 1 is 1.12 bits per heavy atom.